The zero-order valence-electron chi connectivity index (χ0n) is 15.2. The lowest BCUT2D eigenvalue weighted by atomic mass is 10.1. The molecular weight excluding hydrogens is 288 g/mol. The molecule has 0 unspecified atom stereocenters. The average molecular weight is 327 g/mol. The molecule has 0 aliphatic carbocycles. The molecule has 0 heterocycles. The molecule has 0 bridgehead atoms. The van der Waals surface area contributed by atoms with Crippen LogP contribution in [0, 0.1) is 0 Å². The highest BCUT2D eigenvalue weighted by atomic mass is 16.5. The maximum Gasteiger partial charge on any atom is 0.303 e. The van der Waals surface area contributed by atoms with Crippen molar-refractivity contribution in [1.82, 2.24) is 0 Å². The molecule has 0 radical (unpaired) electrons. The molecule has 0 atom stereocenters. The Balaban J connectivity index is 3.05. The Morgan fingerprint density at radius 3 is 1.91 bits per heavy atom. The number of unbranched alkanes of at least 4 members (excludes halogenated alkanes) is 10. The smallest absolute Gasteiger partial charge is 0.303 e. The Morgan fingerprint density at radius 2 is 1.30 bits per heavy atom. The minimum absolute atomic E-state index is 0.287. The number of rotatable bonds is 18. The van der Waals surface area contributed by atoms with Gasteiger partial charge in [-0.1, -0.05) is 64.0 Å². The minimum Gasteiger partial charge on any atom is -0.481 e. The number of allylic oxidation sites excluding steroid dienone is 2. The molecule has 136 valence electrons. The van der Waals surface area contributed by atoms with Crippen LogP contribution in [0.5, 0.6) is 0 Å². The summed E-state index contributed by atoms with van der Waals surface area (Å²) in [6, 6.07) is 0. The van der Waals surface area contributed by atoms with Crippen molar-refractivity contribution in [1.29, 1.82) is 0 Å². The highest BCUT2D eigenvalue weighted by molar-refractivity contribution is 5.66. The van der Waals surface area contributed by atoms with Crippen molar-refractivity contribution < 1.29 is 14.6 Å². The summed E-state index contributed by atoms with van der Waals surface area (Å²) in [6.45, 7) is 4.07. The molecule has 0 aliphatic heterocycles. The lowest BCUT2D eigenvalue weighted by Gasteiger charge is -2.03. The van der Waals surface area contributed by atoms with Crippen LogP contribution in [0.25, 0.3) is 0 Å². The van der Waals surface area contributed by atoms with Gasteiger partial charge in [0.15, 0.2) is 0 Å². The summed E-state index contributed by atoms with van der Waals surface area (Å²) in [6.07, 6.45) is 20.4. The molecule has 3 nitrogen and oxygen atoms in total. The van der Waals surface area contributed by atoms with Gasteiger partial charge in [-0.3, -0.25) is 4.79 Å². The van der Waals surface area contributed by atoms with Crippen molar-refractivity contribution in [2.24, 2.45) is 0 Å². The Bertz CT molecular complexity index is 274. The first-order valence-electron chi connectivity index (χ1n) is 9.72. The normalized spacial score (nSPS) is 11.3. The third-order valence-electron chi connectivity index (χ3n) is 3.98. The van der Waals surface area contributed by atoms with Crippen LogP contribution in [0.3, 0.4) is 0 Å². The van der Waals surface area contributed by atoms with Gasteiger partial charge in [-0.2, -0.15) is 0 Å². The van der Waals surface area contributed by atoms with Crippen molar-refractivity contribution in [3.05, 3.63) is 12.2 Å². The molecule has 0 spiro atoms. The molecule has 23 heavy (non-hydrogen) atoms. The van der Waals surface area contributed by atoms with Crippen LogP contribution in [-0.2, 0) is 9.53 Å². The molecule has 0 saturated heterocycles. The Hall–Kier alpha value is -0.830. The summed E-state index contributed by atoms with van der Waals surface area (Å²) in [5.74, 6) is -0.692. The van der Waals surface area contributed by atoms with E-state index in [9.17, 15) is 4.79 Å². The minimum atomic E-state index is -0.692. The number of hydrogen-bond acceptors (Lipinski definition) is 2. The van der Waals surface area contributed by atoms with Gasteiger partial charge < -0.3 is 9.84 Å². The fourth-order valence-corrected chi connectivity index (χ4v) is 2.48. The average Bonchev–Trinajstić information content (AvgIpc) is 2.53. The molecule has 0 aromatic carbocycles. The summed E-state index contributed by atoms with van der Waals surface area (Å²) < 4.78 is 5.56. The molecule has 0 fully saturated rings. The molecule has 0 amide bonds. The highest BCUT2D eigenvalue weighted by Crippen LogP contribution is 2.10. The molecule has 0 aliphatic rings. The zero-order valence-corrected chi connectivity index (χ0v) is 15.2. The third-order valence-corrected chi connectivity index (χ3v) is 3.98. The van der Waals surface area contributed by atoms with Gasteiger partial charge in [0.1, 0.15) is 0 Å². The van der Waals surface area contributed by atoms with E-state index in [0.717, 1.165) is 32.5 Å². The second-order valence-electron chi connectivity index (χ2n) is 6.34. The first-order valence-corrected chi connectivity index (χ1v) is 9.72. The van der Waals surface area contributed by atoms with E-state index in [2.05, 4.69) is 19.1 Å². The first kappa shape index (κ1) is 22.2. The topological polar surface area (TPSA) is 46.5 Å². The quantitative estimate of drug-likeness (QED) is 0.243. The van der Waals surface area contributed by atoms with Gasteiger partial charge in [0, 0.05) is 19.6 Å². The third kappa shape index (κ3) is 21.2. The van der Waals surface area contributed by atoms with Crippen molar-refractivity contribution in [2.45, 2.75) is 96.8 Å². The highest BCUT2D eigenvalue weighted by Gasteiger charge is 1.94. The Labute approximate surface area is 143 Å². The number of carboxylic acids is 1. The van der Waals surface area contributed by atoms with Gasteiger partial charge in [-0.25, -0.2) is 0 Å². The van der Waals surface area contributed by atoms with Gasteiger partial charge in [0.25, 0.3) is 0 Å². The van der Waals surface area contributed by atoms with Crippen LogP contribution >= 0.6 is 0 Å². The number of hydrogen-bond donors (Lipinski definition) is 1. The summed E-state index contributed by atoms with van der Waals surface area (Å²) >= 11 is 0. The summed E-state index contributed by atoms with van der Waals surface area (Å²) in [5.41, 5.74) is 0. The zero-order chi connectivity index (χ0) is 17.0. The predicted molar refractivity (Wildman–Crippen MR) is 97.9 cm³/mol. The molecule has 0 rings (SSSR count). The van der Waals surface area contributed by atoms with Crippen LogP contribution < -0.4 is 0 Å². The number of carbonyl (C=O) groups is 1. The summed E-state index contributed by atoms with van der Waals surface area (Å²) in [4.78, 5) is 10.3. The van der Waals surface area contributed by atoms with Crippen LogP contribution in [0.2, 0.25) is 0 Å². The van der Waals surface area contributed by atoms with E-state index in [1.54, 1.807) is 0 Å². The second kappa shape index (κ2) is 19.2. The maximum absolute atomic E-state index is 10.3. The molecule has 0 saturated carbocycles. The fourth-order valence-electron chi connectivity index (χ4n) is 2.48. The number of aliphatic carboxylic acids is 1. The lowest BCUT2D eigenvalue weighted by molar-refractivity contribution is -0.137. The fraction of sp³-hybridized carbons (Fsp3) is 0.850. The summed E-state index contributed by atoms with van der Waals surface area (Å²) in [7, 11) is 0. The van der Waals surface area contributed by atoms with Gasteiger partial charge in [0.05, 0.1) is 0 Å². The van der Waals surface area contributed by atoms with E-state index in [1.165, 1.54) is 64.2 Å². The van der Waals surface area contributed by atoms with Crippen LogP contribution in [0.15, 0.2) is 12.2 Å². The molecule has 1 N–H and O–H groups in total. The van der Waals surface area contributed by atoms with Gasteiger partial charge >= 0.3 is 5.97 Å². The maximum atomic E-state index is 10.3. The Morgan fingerprint density at radius 1 is 0.783 bits per heavy atom. The van der Waals surface area contributed by atoms with Crippen molar-refractivity contribution in [3.8, 4) is 0 Å². The van der Waals surface area contributed by atoms with E-state index >= 15 is 0 Å². The lowest BCUT2D eigenvalue weighted by Crippen LogP contribution is -1.96. The molecule has 0 aromatic rings. The van der Waals surface area contributed by atoms with Crippen molar-refractivity contribution in [2.75, 3.05) is 13.2 Å². The molecule has 0 aromatic heterocycles. The number of carboxylic acid groups (broad SMARTS) is 1. The van der Waals surface area contributed by atoms with E-state index < -0.39 is 5.97 Å². The molecular formula is C20H38O3. The SMILES string of the molecule is CCCCOCCCCCCCCCC/C=C\CCCC(=O)O. The van der Waals surface area contributed by atoms with Crippen LogP contribution in [-0.4, -0.2) is 24.3 Å². The van der Waals surface area contributed by atoms with Crippen LogP contribution in [0.4, 0.5) is 0 Å². The van der Waals surface area contributed by atoms with Gasteiger partial charge in [0.2, 0.25) is 0 Å². The van der Waals surface area contributed by atoms with Crippen molar-refractivity contribution >= 4 is 5.97 Å². The van der Waals surface area contributed by atoms with E-state index in [0.29, 0.717) is 0 Å². The first-order chi connectivity index (χ1) is 11.3. The summed E-state index contributed by atoms with van der Waals surface area (Å²) in [5, 5.41) is 8.52. The van der Waals surface area contributed by atoms with Crippen molar-refractivity contribution in [3.63, 3.8) is 0 Å². The van der Waals surface area contributed by atoms with E-state index in [4.69, 9.17) is 9.84 Å². The number of ether oxygens (including phenoxy) is 1. The molecule has 3 heteroatoms. The van der Waals surface area contributed by atoms with Gasteiger partial charge in [-0.05, 0) is 38.5 Å². The monoisotopic (exact) mass is 326 g/mol. The second-order valence-corrected chi connectivity index (χ2v) is 6.34. The predicted octanol–water partition coefficient (Wildman–Crippen LogP) is 6.13. The van der Waals surface area contributed by atoms with E-state index in [-0.39, 0.29) is 6.42 Å². The van der Waals surface area contributed by atoms with Crippen LogP contribution in [0.1, 0.15) is 96.8 Å². The van der Waals surface area contributed by atoms with Gasteiger partial charge in [-0.15, -0.1) is 0 Å². The standard InChI is InChI=1S/C20H38O3/c1-2-3-18-23-19-16-14-12-10-8-6-4-5-7-9-11-13-15-17-20(21)22/h9,11H,2-8,10,12-19H2,1H3,(H,21,22)/b11-9-. The van der Waals surface area contributed by atoms with E-state index in [1.807, 2.05) is 0 Å². The Kier molecular flexibility index (Phi) is 18.5. The largest absolute Gasteiger partial charge is 0.481 e.